The third kappa shape index (κ3) is 4.55. The molecule has 1 heterocycles. The second kappa shape index (κ2) is 6.05. The van der Waals surface area contributed by atoms with Gasteiger partial charge < -0.3 is 15.7 Å². The van der Waals surface area contributed by atoms with Gasteiger partial charge in [-0.25, -0.2) is 18.0 Å². The maximum atomic E-state index is 11.6. The molecule has 19 heavy (non-hydrogen) atoms. The van der Waals surface area contributed by atoms with Gasteiger partial charge in [-0.05, 0) is 12.0 Å². The fraction of sp³-hybridized carbons (Fsp3) is 0.636. The fourth-order valence-corrected chi connectivity index (χ4v) is 2.94. The standard InChI is InChI=1S/C11H18N2O5S/c1-3-7(2)9(10(14)15)13-11(16)12-8-4-5-19(17,18)6-8/h4-5,7-9H,3,6H2,1-2H3,(H,14,15)(H2,12,13,16). The number of carboxylic acid groups (broad SMARTS) is 1. The Bertz CT molecular complexity index is 485. The van der Waals surface area contributed by atoms with Crippen LogP contribution in [-0.4, -0.2) is 43.4 Å². The van der Waals surface area contributed by atoms with Crippen LogP contribution in [0.1, 0.15) is 20.3 Å². The maximum Gasteiger partial charge on any atom is 0.326 e. The van der Waals surface area contributed by atoms with E-state index < -0.39 is 33.9 Å². The van der Waals surface area contributed by atoms with Crippen LogP contribution < -0.4 is 10.6 Å². The van der Waals surface area contributed by atoms with Crippen molar-refractivity contribution in [2.45, 2.75) is 32.4 Å². The molecular weight excluding hydrogens is 272 g/mol. The summed E-state index contributed by atoms with van der Waals surface area (Å²) in [6.07, 6.45) is 1.98. The average molecular weight is 290 g/mol. The highest BCUT2D eigenvalue weighted by atomic mass is 32.2. The van der Waals surface area contributed by atoms with E-state index >= 15 is 0 Å². The normalized spacial score (nSPS) is 23.6. The summed E-state index contributed by atoms with van der Waals surface area (Å²) in [5, 5.41) is 14.8. The molecule has 0 aromatic rings. The van der Waals surface area contributed by atoms with Crippen molar-refractivity contribution in [1.29, 1.82) is 0 Å². The first-order valence-electron chi connectivity index (χ1n) is 5.96. The molecular formula is C11H18N2O5S. The number of nitrogens with one attached hydrogen (secondary N) is 2. The molecule has 0 saturated carbocycles. The van der Waals surface area contributed by atoms with Gasteiger partial charge in [-0.1, -0.05) is 20.3 Å². The van der Waals surface area contributed by atoms with Crippen LogP contribution in [0.15, 0.2) is 11.5 Å². The number of amides is 2. The summed E-state index contributed by atoms with van der Waals surface area (Å²) < 4.78 is 22.3. The molecule has 1 aliphatic heterocycles. The van der Waals surface area contributed by atoms with Crippen molar-refractivity contribution >= 4 is 21.8 Å². The Labute approximate surface area is 112 Å². The molecule has 1 rings (SSSR count). The van der Waals surface area contributed by atoms with Gasteiger partial charge in [0.05, 0.1) is 11.8 Å². The highest BCUT2D eigenvalue weighted by Crippen LogP contribution is 2.09. The SMILES string of the molecule is CCC(C)C(NC(=O)NC1C=CS(=O)(=O)C1)C(=O)O. The van der Waals surface area contributed by atoms with E-state index in [1.54, 1.807) is 6.92 Å². The zero-order valence-corrected chi connectivity index (χ0v) is 11.6. The van der Waals surface area contributed by atoms with E-state index in [1.165, 1.54) is 6.08 Å². The Morgan fingerprint density at radius 2 is 2.11 bits per heavy atom. The average Bonchev–Trinajstić information content (AvgIpc) is 2.64. The Hall–Kier alpha value is -1.57. The molecule has 0 aliphatic carbocycles. The minimum Gasteiger partial charge on any atom is -0.480 e. The van der Waals surface area contributed by atoms with Gasteiger partial charge >= 0.3 is 12.0 Å². The molecule has 0 aromatic heterocycles. The highest BCUT2D eigenvalue weighted by Gasteiger charge is 2.28. The predicted molar refractivity (Wildman–Crippen MR) is 69.3 cm³/mol. The number of hydrogen-bond donors (Lipinski definition) is 3. The molecule has 0 spiro atoms. The van der Waals surface area contributed by atoms with Crippen LogP contribution in [0, 0.1) is 5.92 Å². The number of carbonyl (C=O) groups is 2. The molecule has 0 radical (unpaired) electrons. The summed E-state index contributed by atoms with van der Waals surface area (Å²) in [5.41, 5.74) is 0. The molecule has 3 N–H and O–H groups in total. The van der Waals surface area contributed by atoms with Crippen LogP contribution in [-0.2, 0) is 14.6 Å². The van der Waals surface area contributed by atoms with Gasteiger partial charge in [0.2, 0.25) is 0 Å². The summed E-state index contributed by atoms with van der Waals surface area (Å²) in [5.74, 6) is -1.52. The highest BCUT2D eigenvalue weighted by molar-refractivity contribution is 7.94. The number of aliphatic carboxylic acids is 1. The molecule has 0 fully saturated rings. The Kier molecular flexibility index (Phi) is 4.93. The molecule has 7 nitrogen and oxygen atoms in total. The molecule has 3 atom stereocenters. The summed E-state index contributed by atoms with van der Waals surface area (Å²) in [4.78, 5) is 22.7. The monoisotopic (exact) mass is 290 g/mol. The van der Waals surface area contributed by atoms with Gasteiger partial charge in [0, 0.05) is 5.41 Å². The number of sulfone groups is 1. The molecule has 0 saturated heterocycles. The number of rotatable bonds is 5. The largest absolute Gasteiger partial charge is 0.480 e. The second-order valence-corrected chi connectivity index (χ2v) is 6.52. The quantitative estimate of drug-likeness (QED) is 0.664. The van der Waals surface area contributed by atoms with Gasteiger partial charge in [0.1, 0.15) is 6.04 Å². The topological polar surface area (TPSA) is 113 Å². The molecule has 8 heteroatoms. The first-order chi connectivity index (χ1) is 8.75. The van der Waals surface area contributed by atoms with Gasteiger partial charge in [-0.15, -0.1) is 0 Å². The predicted octanol–water partition coefficient (Wildman–Crippen LogP) is 0.0956. The van der Waals surface area contributed by atoms with Crippen LogP contribution in [0.25, 0.3) is 0 Å². The maximum absolute atomic E-state index is 11.6. The first-order valence-corrected chi connectivity index (χ1v) is 7.67. The van der Waals surface area contributed by atoms with E-state index in [-0.39, 0.29) is 11.7 Å². The van der Waals surface area contributed by atoms with Crippen LogP contribution in [0.5, 0.6) is 0 Å². The van der Waals surface area contributed by atoms with Crippen molar-refractivity contribution in [2.75, 3.05) is 5.75 Å². The summed E-state index contributed by atoms with van der Waals surface area (Å²) in [7, 11) is -3.25. The third-order valence-electron chi connectivity index (χ3n) is 3.01. The van der Waals surface area contributed by atoms with E-state index in [0.29, 0.717) is 6.42 Å². The smallest absolute Gasteiger partial charge is 0.326 e. The van der Waals surface area contributed by atoms with Gasteiger partial charge in [0.25, 0.3) is 0 Å². The molecule has 108 valence electrons. The zero-order chi connectivity index (χ0) is 14.6. The summed E-state index contributed by atoms with van der Waals surface area (Å²) in [6, 6.07) is -2.29. The van der Waals surface area contributed by atoms with Crippen molar-refractivity contribution in [3.63, 3.8) is 0 Å². The lowest BCUT2D eigenvalue weighted by Crippen LogP contribution is -2.51. The van der Waals surface area contributed by atoms with E-state index in [2.05, 4.69) is 10.6 Å². The van der Waals surface area contributed by atoms with Crippen molar-refractivity contribution < 1.29 is 23.1 Å². The first kappa shape index (κ1) is 15.5. The van der Waals surface area contributed by atoms with Crippen LogP contribution in [0.3, 0.4) is 0 Å². The summed E-state index contributed by atoms with van der Waals surface area (Å²) in [6.45, 7) is 3.55. The van der Waals surface area contributed by atoms with Gasteiger partial charge in [-0.2, -0.15) is 0 Å². The fourth-order valence-electron chi connectivity index (χ4n) is 1.70. The van der Waals surface area contributed by atoms with Crippen LogP contribution in [0.4, 0.5) is 4.79 Å². The van der Waals surface area contributed by atoms with Crippen molar-refractivity contribution in [3.05, 3.63) is 11.5 Å². The molecule has 0 bridgehead atoms. The van der Waals surface area contributed by atoms with E-state index in [4.69, 9.17) is 5.11 Å². The Morgan fingerprint density at radius 3 is 2.53 bits per heavy atom. The van der Waals surface area contributed by atoms with Crippen molar-refractivity contribution in [2.24, 2.45) is 5.92 Å². The van der Waals surface area contributed by atoms with Gasteiger partial charge in [-0.3, -0.25) is 0 Å². The molecule has 1 aliphatic rings. The van der Waals surface area contributed by atoms with E-state index in [9.17, 15) is 18.0 Å². The molecule has 3 unspecified atom stereocenters. The second-order valence-electron chi connectivity index (χ2n) is 4.58. The number of urea groups is 1. The number of carbonyl (C=O) groups excluding carboxylic acids is 1. The lowest BCUT2D eigenvalue weighted by atomic mass is 9.99. The number of hydrogen-bond acceptors (Lipinski definition) is 4. The Morgan fingerprint density at radius 1 is 1.47 bits per heavy atom. The van der Waals surface area contributed by atoms with E-state index in [1.807, 2.05) is 6.92 Å². The van der Waals surface area contributed by atoms with Gasteiger partial charge in [0.15, 0.2) is 9.84 Å². The lowest BCUT2D eigenvalue weighted by Gasteiger charge is -2.21. The van der Waals surface area contributed by atoms with Crippen molar-refractivity contribution in [3.8, 4) is 0 Å². The number of carboxylic acids is 1. The minimum atomic E-state index is -3.25. The zero-order valence-electron chi connectivity index (χ0n) is 10.8. The minimum absolute atomic E-state index is 0.193. The van der Waals surface area contributed by atoms with Crippen molar-refractivity contribution in [1.82, 2.24) is 10.6 Å². The third-order valence-corrected chi connectivity index (χ3v) is 4.41. The Balaban J connectivity index is 2.55. The van der Waals surface area contributed by atoms with E-state index in [0.717, 1.165) is 5.41 Å². The molecule has 2 amide bonds. The lowest BCUT2D eigenvalue weighted by molar-refractivity contribution is -0.140. The summed E-state index contributed by atoms with van der Waals surface area (Å²) >= 11 is 0. The van der Waals surface area contributed by atoms with Crippen LogP contribution >= 0.6 is 0 Å². The molecule has 0 aromatic carbocycles. The van der Waals surface area contributed by atoms with Crippen LogP contribution in [0.2, 0.25) is 0 Å².